The van der Waals surface area contributed by atoms with Crippen LogP contribution in [0.3, 0.4) is 0 Å². The molecule has 1 heterocycles. The number of nitrogens with zero attached hydrogens (tertiary/aromatic N) is 2. The van der Waals surface area contributed by atoms with Crippen LogP contribution in [0.15, 0.2) is 0 Å². The molecule has 1 aliphatic heterocycles. The molecule has 4 aliphatic carbocycles. The largest absolute Gasteiger partial charge is 0.394 e. The van der Waals surface area contributed by atoms with E-state index >= 15 is 0 Å². The third-order valence-corrected chi connectivity index (χ3v) is 15.9. The number of methoxy groups -OCH3 is 1. The number of carbonyl (C=O) groups excluding carboxylic acids is 2. The number of fused-ring (bicyclic) bond motifs is 2. The Morgan fingerprint density at radius 3 is 2.33 bits per heavy atom. The summed E-state index contributed by atoms with van der Waals surface area (Å²) in [6, 6.07) is -0.540. The van der Waals surface area contributed by atoms with Crippen LogP contribution in [0.25, 0.3) is 0 Å². The van der Waals surface area contributed by atoms with Gasteiger partial charge in [0.05, 0.1) is 18.8 Å². The number of amides is 2. The number of rotatable bonds is 27. The molecular formula is C47H89ClN6O6. The number of hydrogen-bond acceptors (Lipinski definition) is 10. The minimum absolute atomic E-state index is 0.0616. The van der Waals surface area contributed by atoms with Gasteiger partial charge in [-0.25, -0.2) is 0 Å². The molecule has 12 nitrogen and oxygen atoms in total. The molecule has 350 valence electrons. The molecule has 5 rings (SSSR count). The number of likely N-dealkylation sites (N-methyl/N-ethyl adjacent to an activating group) is 1. The highest BCUT2D eigenvalue weighted by Crippen LogP contribution is 2.61. The summed E-state index contributed by atoms with van der Waals surface area (Å²) in [6.45, 7) is 19.6. The fourth-order valence-corrected chi connectivity index (χ4v) is 12.3. The molecule has 0 aromatic carbocycles. The Labute approximate surface area is 370 Å². The fraction of sp³-hybridized carbons (Fsp3) is 0.957. The highest BCUT2D eigenvalue weighted by Gasteiger charge is 2.58. The number of hydrogen-bond donors (Lipinski definition) is 6. The van der Waals surface area contributed by atoms with Crippen LogP contribution in [0.1, 0.15) is 119 Å². The Bertz CT molecular complexity index is 1280. The summed E-state index contributed by atoms with van der Waals surface area (Å²) in [6.07, 6.45) is 9.61. The van der Waals surface area contributed by atoms with Crippen LogP contribution >= 0.6 is 11.6 Å². The lowest BCUT2D eigenvalue weighted by atomic mass is 9.45. The zero-order valence-corrected chi connectivity index (χ0v) is 40.2. The highest BCUT2D eigenvalue weighted by atomic mass is 35.5. The number of halogens is 1. The molecule has 5 aliphatic rings. The molecule has 2 amide bonds. The highest BCUT2D eigenvalue weighted by molar-refractivity contribution is 6.18. The van der Waals surface area contributed by atoms with Crippen molar-refractivity contribution in [2.75, 3.05) is 73.0 Å². The van der Waals surface area contributed by atoms with Gasteiger partial charge in [0, 0.05) is 75.6 Å². The van der Waals surface area contributed by atoms with Gasteiger partial charge in [-0.2, -0.15) is 5.06 Å². The number of hydroxylamine groups is 2. The lowest BCUT2D eigenvalue weighted by Gasteiger charge is -2.62. The molecule has 2 bridgehead atoms. The normalized spacial score (nSPS) is 32.8. The molecule has 0 radical (unpaired) electrons. The van der Waals surface area contributed by atoms with Crippen molar-refractivity contribution >= 4 is 23.4 Å². The molecule has 6 N–H and O–H groups in total. The van der Waals surface area contributed by atoms with Crippen LogP contribution < -0.4 is 21.3 Å². The summed E-state index contributed by atoms with van der Waals surface area (Å²) in [4.78, 5) is 37.1. The van der Waals surface area contributed by atoms with Crippen molar-refractivity contribution in [3.63, 3.8) is 0 Å². The minimum atomic E-state index is -0.845. The average molecular weight is 870 g/mol. The zero-order chi connectivity index (χ0) is 44.1. The van der Waals surface area contributed by atoms with Gasteiger partial charge in [0.15, 0.2) is 0 Å². The number of ether oxygens (including phenoxy) is 1. The quantitative estimate of drug-likeness (QED) is 0.0476. The van der Waals surface area contributed by atoms with Crippen molar-refractivity contribution in [1.82, 2.24) is 31.2 Å². The number of nitrogens with one attached hydrogen (secondary N) is 4. The van der Waals surface area contributed by atoms with E-state index in [1.54, 1.807) is 19.1 Å². The van der Waals surface area contributed by atoms with Gasteiger partial charge >= 0.3 is 0 Å². The molecule has 15 atom stereocenters. The lowest BCUT2D eigenvalue weighted by molar-refractivity contribution is -0.193. The molecule has 0 aromatic rings. The van der Waals surface area contributed by atoms with E-state index in [0.717, 1.165) is 90.5 Å². The first-order valence-corrected chi connectivity index (χ1v) is 24.6. The maximum atomic E-state index is 14.4. The van der Waals surface area contributed by atoms with Gasteiger partial charge in [0.1, 0.15) is 12.1 Å². The molecular weight excluding hydrogens is 780 g/mol. The molecule has 1 saturated heterocycles. The van der Waals surface area contributed by atoms with Gasteiger partial charge in [-0.05, 0) is 113 Å². The van der Waals surface area contributed by atoms with E-state index in [4.69, 9.17) is 21.2 Å². The summed E-state index contributed by atoms with van der Waals surface area (Å²) in [5.41, 5.74) is 0.304. The van der Waals surface area contributed by atoms with E-state index in [9.17, 15) is 19.8 Å². The van der Waals surface area contributed by atoms with Crippen LogP contribution in [-0.4, -0.2) is 141 Å². The molecule has 0 aromatic heterocycles. The summed E-state index contributed by atoms with van der Waals surface area (Å²) >= 11 is 5.87. The minimum Gasteiger partial charge on any atom is -0.394 e. The van der Waals surface area contributed by atoms with E-state index in [1.165, 1.54) is 12.8 Å². The topological polar surface area (TPSA) is 148 Å². The van der Waals surface area contributed by atoms with E-state index < -0.39 is 24.2 Å². The molecule has 0 spiro atoms. The van der Waals surface area contributed by atoms with Gasteiger partial charge in [-0.15, -0.1) is 11.6 Å². The first-order chi connectivity index (χ1) is 28.6. The Hall–Kier alpha value is -1.09. The standard InChI is InChI=1S/C47H89ClN6O6/c1-11-14-33(12-2)24-37(28-53(8)9)51-45(57)30(3)23-34(17-19-49-21-22-50-20-18-48)38-16-13-15-35(44(38)59-10)27-54-43(42(32(5)56)41(29-55)60-54)46(58)52-40-26-36-25-39(31(40)4)47(36,6)7/h30-44,49-50,55-56H,11-29H2,1-10H3,(H,51,57)(H,52,58)/t30?,31-,32-,33?,34?,35?,36+,37-,38?,39-,40-,41-,42-,43-,44?/m0/s1. The fourth-order valence-electron chi connectivity index (χ4n) is 12.2. The maximum absolute atomic E-state index is 14.4. The predicted octanol–water partition coefficient (Wildman–Crippen LogP) is 5.29. The number of aliphatic hydroxyl groups is 2. The van der Waals surface area contributed by atoms with Crippen LogP contribution in [-0.2, 0) is 19.2 Å². The molecule has 60 heavy (non-hydrogen) atoms. The van der Waals surface area contributed by atoms with Gasteiger partial charge in [-0.1, -0.05) is 67.2 Å². The van der Waals surface area contributed by atoms with Gasteiger partial charge in [0.25, 0.3) is 0 Å². The van der Waals surface area contributed by atoms with E-state index in [1.807, 2.05) is 0 Å². The van der Waals surface area contributed by atoms with Gasteiger partial charge in [-0.3, -0.25) is 14.4 Å². The third-order valence-electron chi connectivity index (χ3n) is 15.7. The molecule has 5 fully saturated rings. The second kappa shape index (κ2) is 24.8. The number of aliphatic hydroxyl groups excluding tert-OH is 2. The van der Waals surface area contributed by atoms with Gasteiger partial charge < -0.3 is 41.1 Å². The van der Waals surface area contributed by atoms with E-state index in [2.05, 4.69) is 81.8 Å². The predicted molar refractivity (Wildman–Crippen MR) is 242 cm³/mol. The first kappa shape index (κ1) is 51.5. The van der Waals surface area contributed by atoms with Crippen molar-refractivity contribution in [2.24, 2.45) is 58.7 Å². The Kier molecular flexibility index (Phi) is 21.3. The summed E-state index contributed by atoms with van der Waals surface area (Å²) in [5, 5.41) is 37.3. The van der Waals surface area contributed by atoms with Crippen LogP contribution in [0.4, 0.5) is 0 Å². The Morgan fingerprint density at radius 2 is 1.75 bits per heavy atom. The number of alkyl halides is 1. The third kappa shape index (κ3) is 13.5. The van der Waals surface area contributed by atoms with Crippen LogP contribution in [0.2, 0.25) is 0 Å². The lowest BCUT2D eigenvalue weighted by Crippen LogP contribution is -2.62. The second-order valence-corrected chi connectivity index (χ2v) is 20.8. The van der Waals surface area contributed by atoms with Crippen molar-refractivity contribution in [1.29, 1.82) is 0 Å². The van der Waals surface area contributed by atoms with Crippen molar-refractivity contribution in [3.8, 4) is 0 Å². The Morgan fingerprint density at radius 1 is 1.03 bits per heavy atom. The zero-order valence-electron chi connectivity index (χ0n) is 39.4. The van der Waals surface area contributed by atoms with Crippen LogP contribution in [0, 0.1) is 58.7 Å². The van der Waals surface area contributed by atoms with E-state index in [0.29, 0.717) is 41.5 Å². The smallest absolute Gasteiger partial charge is 0.240 e. The monoisotopic (exact) mass is 869 g/mol. The number of carbonyl (C=O) groups is 2. The van der Waals surface area contributed by atoms with Crippen LogP contribution in [0.5, 0.6) is 0 Å². The second-order valence-electron chi connectivity index (χ2n) is 20.5. The van der Waals surface area contributed by atoms with E-state index in [-0.39, 0.29) is 60.3 Å². The Balaban J connectivity index is 1.51. The van der Waals surface area contributed by atoms with Gasteiger partial charge in [0.2, 0.25) is 11.8 Å². The summed E-state index contributed by atoms with van der Waals surface area (Å²) in [7, 11) is 5.97. The maximum Gasteiger partial charge on any atom is 0.240 e. The summed E-state index contributed by atoms with van der Waals surface area (Å²) < 4.78 is 6.47. The SMILES string of the molecule is CCCC(CC)C[C@@H](CN(C)C)NC(=O)C(C)CC(CCNCCNCCCl)C1CCCC(CN2O[C@@H](CO)[C@H]([C@H](C)O)[C@H]2C(=O)N[C@H]2C[C@H]3C[C@@H]([C@@H]2C)C3(C)C)C1OC. The van der Waals surface area contributed by atoms with Crippen molar-refractivity contribution < 1.29 is 29.4 Å². The van der Waals surface area contributed by atoms with Crippen molar-refractivity contribution in [3.05, 3.63) is 0 Å². The molecule has 6 unspecified atom stereocenters. The summed E-state index contributed by atoms with van der Waals surface area (Å²) in [5.74, 6) is 2.51. The average Bonchev–Trinajstić information content (AvgIpc) is 3.58. The first-order valence-electron chi connectivity index (χ1n) is 24.1. The molecule has 13 heteroatoms. The molecule has 4 saturated carbocycles. The van der Waals surface area contributed by atoms with Crippen molar-refractivity contribution in [2.45, 2.75) is 156 Å².